The Morgan fingerprint density at radius 2 is 1.81 bits per heavy atom. The molecule has 142 valence electrons. The first-order valence-electron chi connectivity index (χ1n) is 9.20. The first-order chi connectivity index (χ1) is 13.0. The molecule has 0 saturated heterocycles. The van der Waals surface area contributed by atoms with Crippen molar-refractivity contribution in [3.05, 3.63) is 58.1 Å². The number of thiazole rings is 1. The molecular formula is C21H24BrN3OS. The summed E-state index contributed by atoms with van der Waals surface area (Å²) in [6.45, 7) is 9.70. The maximum Gasteiger partial charge on any atom is 0.261 e. The molecule has 0 radical (unpaired) electrons. The van der Waals surface area contributed by atoms with Crippen LogP contribution < -0.4 is 4.90 Å². The summed E-state index contributed by atoms with van der Waals surface area (Å²) in [6, 6.07) is 13.7. The molecule has 0 N–H and O–H groups in total. The van der Waals surface area contributed by atoms with E-state index < -0.39 is 0 Å². The minimum absolute atomic E-state index is 0.0219. The summed E-state index contributed by atoms with van der Waals surface area (Å²) in [5.74, 6) is -0.0219. The zero-order valence-electron chi connectivity index (χ0n) is 15.9. The van der Waals surface area contributed by atoms with Crippen LogP contribution >= 0.6 is 27.3 Å². The zero-order valence-corrected chi connectivity index (χ0v) is 18.3. The lowest BCUT2D eigenvalue weighted by Crippen LogP contribution is -2.39. The molecule has 1 amide bonds. The van der Waals surface area contributed by atoms with E-state index in [0.717, 1.165) is 45.0 Å². The lowest BCUT2D eigenvalue weighted by molar-refractivity contribution is 0.0983. The van der Waals surface area contributed by atoms with E-state index in [-0.39, 0.29) is 5.91 Å². The largest absolute Gasteiger partial charge is 0.302 e. The third-order valence-corrected chi connectivity index (χ3v) is 6.46. The van der Waals surface area contributed by atoms with Gasteiger partial charge in [0, 0.05) is 17.6 Å². The molecule has 0 aliphatic heterocycles. The number of aryl methyl sites for hydroxylation is 1. The van der Waals surface area contributed by atoms with Gasteiger partial charge < -0.3 is 4.90 Å². The lowest BCUT2D eigenvalue weighted by Gasteiger charge is -2.25. The minimum Gasteiger partial charge on any atom is -0.302 e. The van der Waals surface area contributed by atoms with Crippen LogP contribution in [-0.2, 0) is 0 Å². The number of amides is 1. The van der Waals surface area contributed by atoms with E-state index in [0.29, 0.717) is 12.1 Å². The van der Waals surface area contributed by atoms with Crippen LogP contribution in [0.4, 0.5) is 5.13 Å². The maximum absolute atomic E-state index is 13.4. The number of rotatable bonds is 7. The Hall–Kier alpha value is -1.76. The lowest BCUT2D eigenvalue weighted by atomic mass is 10.2. The van der Waals surface area contributed by atoms with Gasteiger partial charge in [0.1, 0.15) is 0 Å². The van der Waals surface area contributed by atoms with Crippen molar-refractivity contribution < 1.29 is 4.79 Å². The summed E-state index contributed by atoms with van der Waals surface area (Å²) in [7, 11) is 0. The number of halogens is 1. The summed E-state index contributed by atoms with van der Waals surface area (Å²) in [5.41, 5.74) is 2.77. The van der Waals surface area contributed by atoms with Gasteiger partial charge in [0.15, 0.2) is 5.13 Å². The van der Waals surface area contributed by atoms with E-state index in [4.69, 9.17) is 4.98 Å². The standard InChI is InChI=1S/C21H24BrN3OS/c1-4-24(5-2)13-14-25(20(26)16-10-6-7-11-17(16)22)21-23-19-15(3)9-8-12-18(19)27-21/h6-12H,4-5,13-14H2,1-3H3. The summed E-state index contributed by atoms with van der Waals surface area (Å²) >= 11 is 5.09. The smallest absolute Gasteiger partial charge is 0.261 e. The average Bonchev–Trinajstić information content (AvgIpc) is 3.10. The Balaban J connectivity index is 1.99. The van der Waals surface area contributed by atoms with Crippen LogP contribution in [0.2, 0.25) is 0 Å². The van der Waals surface area contributed by atoms with Gasteiger partial charge in [-0.25, -0.2) is 4.98 Å². The fraction of sp³-hybridized carbons (Fsp3) is 0.333. The first-order valence-corrected chi connectivity index (χ1v) is 10.8. The van der Waals surface area contributed by atoms with Gasteiger partial charge in [-0.3, -0.25) is 9.69 Å². The molecule has 4 nitrogen and oxygen atoms in total. The number of carbonyl (C=O) groups excluding carboxylic acids is 1. The van der Waals surface area contributed by atoms with Gasteiger partial charge >= 0.3 is 0 Å². The number of benzene rings is 2. The second-order valence-electron chi connectivity index (χ2n) is 6.38. The summed E-state index contributed by atoms with van der Waals surface area (Å²) in [4.78, 5) is 22.3. The molecule has 0 aliphatic rings. The molecule has 0 atom stereocenters. The van der Waals surface area contributed by atoms with Crippen LogP contribution in [-0.4, -0.2) is 42.0 Å². The number of nitrogens with zero attached hydrogens (tertiary/aromatic N) is 3. The fourth-order valence-corrected chi connectivity index (χ4v) is 4.56. The highest BCUT2D eigenvalue weighted by Gasteiger charge is 2.23. The highest BCUT2D eigenvalue weighted by Crippen LogP contribution is 2.32. The number of likely N-dealkylation sites (N-methyl/N-ethyl adjacent to an activating group) is 1. The summed E-state index contributed by atoms with van der Waals surface area (Å²) in [5, 5.41) is 0.757. The van der Waals surface area contributed by atoms with Crippen molar-refractivity contribution in [3.63, 3.8) is 0 Å². The van der Waals surface area contributed by atoms with Gasteiger partial charge in [-0.15, -0.1) is 0 Å². The van der Waals surface area contributed by atoms with Crippen LogP contribution in [0.5, 0.6) is 0 Å². The fourth-order valence-electron chi connectivity index (χ4n) is 3.04. The van der Waals surface area contributed by atoms with Crippen molar-refractivity contribution in [2.24, 2.45) is 0 Å². The van der Waals surface area contributed by atoms with Crippen LogP contribution in [0.15, 0.2) is 46.9 Å². The van der Waals surface area contributed by atoms with Crippen molar-refractivity contribution in [2.75, 3.05) is 31.1 Å². The monoisotopic (exact) mass is 445 g/mol. The van der Waals surface area contributed by atoms with Crippen molar-refractivity contribution in [1.29, 1.82) is 0 Å². The number of anilines is 1. The molecule has 3 rings (SSSR count). The predicted octanol–water partition coefficient (Wildman–Crippen LogP) is 5.36. The van der Waals surface area contributed by atoms with Gasteiger partial charge in [-0.1, -0.05) is 49.4 Å². The zero-order chi connectivity index (χ0) is 19.4. The third-order valence-electron chi connectivity index (χ3n) is 4.72. The Bertz CT molecular complexity index is 936. The SMILES string of the molecule is CCN(CC)CCN(C(=O)c1ccccc1Br)c1nc2c(C)cccc2s1. The third kappa shape index (κ3) is 4.39. The number of hydrogen-bond acceptors (Lipinski definition) is 4. The van der Waals surface area contributed by atoms with Crippen molar-refractivity contribution >= 4 is 48.5 Å². The van der Waals surface area contributed by atoms with Crippen LogP contribution in [0.1, 0.15) is 29.8 Å². The molecule has 0 saturated carbocycles. The Morgan fingerprint density at radius 1 is 1.07 bits per heavy atom. The molecule has 1 aromatic heterocycles. The van der Waals surface area contributed by atoms with Crippen molar-refractivity contribution in [3.8, 4) is 0 Å². The number of para-hydroxylation sites is 1. The Morgan fingerprint density at radius 3 is 2.48 bits per heavy atom. The van der Waals surface area contributed by atoms with Crippen LogP contribution in [0, 0.1) is 6.92 Å². The minimum atomic E-state index is -0.0219. The van der Waals surface area contributed by atoms with Crippen molar-refractivity contribution in [1.82, 2.24) is 9.88 Å². The topological polar surface area (TPSA) is 36.4 Å². The average molecular weight is 446 g/mol. The summed E-state index contributed by atoms with van der Waals surface area (Å²) < 4.78 is 1.91. The highest BCUT2D eigenvalue weighted by atomic mass is 79.9. The molecule has 0 unspecified atom stereocenters. The van der Waals surface area contributed by atoms with E-state index in [1.807, 2.05) is 35.2 Å². The quantitative estimate of drug-likeness (QED) is 0.491. The molecule has 27 heavy (non-hydrogen) atoms. The predicted molar refractivity (Wildman–Crippen MR) is 118 cm³/mol. The number of carbonyl (C=O) groups is 1. The number of fused-ring (bicyclic) bond motifs is 1. The first kappa shape index (κ1) is 20.0. The maximum atomic E-state index is 13.4. The van der Waals surface area contributed by atoms with E-state index in [9.17, 15) is 4.79 Å². The molecule has 0 fully saturated rings. The molecular weight excluding hydrogens is 422 g/mol. The molecule has 0 bridgehead atoms. The van der Waals surface area contributed by atoms with Gasteiger partial charge in [0.05, 0.1) is 15.8 Å². The van der Waals surface area contributed by atoms with Crippen LogP contribution in [0.3, 0.4) is 0 Å². The molecule has 1 heterocycles. The number of aromatic nitrogens is 1. The number of hydrogen-bond donors (Lipinski definition) is 0. The van der Waals surface area contributed by atoms with E-state index in [1.165, 1.54) is 0 Å². The van der Waals surface area contributed by atoms with Gasteiger partial charge in [0.25, 0.3) is 5.91 Å². The van der Waals surface area contributed by atoms with E-state index in [2.05, 4.69) is 53.7 Å². The second kappa shape index (κ2) is 8.95. The van der Waals surface area contributed by atoms with E-state index in [1.54, 1.807) is 11.3 Å². The van der Waals surface area contributed by atoms with Crippen LogP contribution in [0.25, 0.3) is 10.2 Å². The molecule has 6 heteroatoms. The Kier molecular flexibility index (Phi) is 6.63. The van der Waals surface area contributed by atoms with Crippen molar-refractivity contribution in [2.45, 2.75) is 20.8 Å². The molecule has 0 spiro atoms. The van der Waals surface area contributed by atoms with Gasteiger partial charge in [-0.2, -0.15) is 0 Å². The highest BCUT2D eigenvalue weighted by molar-refractivity contribution is 9.10. The van der Waals surface area contributed by atoms with Gasteiger partial charge in [0.2, 0.25) is 0 Å². The molecule has 2 aromatic carbocycles. The van der Waals surface area contributed by atoms with E-state index >= 15 is 0 Å². The Labute approximate surface area is 172 Å². The summed E-state index contributed by atoms with van der Waals surface area (Å²) in [6.07, 6.45) is 0. The second-order valence-corrected chi connectivity index (χ2v) is 8.25. The molecule has 0 aliphatic carbocycles. The molecule has 3 aromatic rings. The normalized spacial score (nSPS) is 11.3. The van der Waals surface area contributed by atoms with Gasteiger partial charge in [-0.05, 0) is 59.7 Å².